The summed E-state index contributed by atoms with van der Waals surface area (Å²) in [5.74, 6) is 1.44. The van der Waals surface area contributed by atoms with Crippen LogP contribution in [0.5, 0.6) is 0 Å². The van der Waals surface area contributed by atoms with E-state index < -0.39 is 5.60 Å². The average molecular weight is 348 g/mol. The molecule has 2 aliphatic rings. The number of hydrogen-bond donors (Lipinski definition) is 1. The van der Waals surface area contributed by atoms with Gasteiger partial charge in [0, 0.05) is 19.6 Å². The first-order valence-electron chi connectivity index (χ1n) is 8.81. The molecule has 2 saturated heterocycles. The van der Waals surface area contributed by atoms with Gasteiger partial charge in [0.2, 0.25) is 5.89 Å². The Bertz CT molecular complexity index is 668. The van der Waals surface area contributed by atoms with E-state index in [4.69, 9.17) is 13.6 Å². The molecule has 0 unspecified atom stereocenters. The second-order valence-electron chi connectivity index (χ2n) is 6.95. The summed E-state index contributed by atoms with van der Waals surface area (Å²) in [6.07, 6.45) is 3.99. The molecular formula is C17H24N4O4. The summed E-state index contributed by atoms with van der Waals surface area (Å²) >= 11 is 0. The molecule has 8 nitrogen and oxygen atoms in total. The van der Waals surface area contributed by atoms with Crippen LogP contribution in [0.15, 0.2) is 27.2 Å². The minimum atomic E-state index is -0.870. The Morgan fingerprint density at radius 1 is 1.16 bits per heavy atom. The van der Waals surface area contributed by atoms with Crippen molar-refractivity contribution in [2.45, 2.75) is 25.0 Å². The number of furan rings is 1. The zero-order valence-electron chi connectivity index (χ0n) is 14.3. The summed E-state index contributed by atoms with van der Waals surface area (Å²) in [6, 6.07) is 3.57. The fraction of sp³-hybridized carbons (Fsp3) is 0.647. The third kappa shape index (κ3) is 4.09. The molecule has 8 heteroatoms. The van der Waals surface area contributed by atoms with Gasteiger partial charge in [-0.3, -0.25) is 4.90 Å². The molecule has 1 atom stereocenters. The molecule has 2 aromatic rings. The Balaban J connectivity index is 1.40. The van der Waals surface area contributed by atoms with Gasteiger partial charge in [-0.05, 0) is 38.1 Å². The second kappa shape index (κ2) is 7.25. The maximum Gasteiger partial charge on any atom is 0.283 e. The predicted molar refractivity (Wildman–Crippen MR) is 88.7 cm³/mol. The number of hydrogen-bond acceptors (Lipinski definition) is 8. The fourth-order valence-corrected chi connectivity index (χ4v) is 3.59. The van der Waals surface area contributed by atoms with Gasteiger partial charge in [0.15, 0.2) is 5.76 Å². The molecule has 0 spiro atoms. The number of nitrogens with zero attached hydrogens (tertiary/aromatic N) is 4. The zero-order chi connectivity index (χ0) is 17.1. The monoisotopic (exact) mass is 348 g/mol. The van der Waals surface area contributed by atoms with E-state index in [9.17, 15) is 5.11 Å². The lowest BCUT2D eigenvalue weighted by Crippen LogP contribution is -2.51. The van der Waals surface area contributed by atoms with Gasteiger partial charge in [0.1, 0.15) is 5.60 Å². The standard InChI is InChI=1S/C17H24N4O4/c22-17(11-20-5-1-2-6-20)12-21(7-9-23-13-17)10-15-18-19-16(25-15)14-4-3-8-24-14/h3-4,8,22H,1-2,5-7,9-13H2/t17-/m1/s1. The summed E-state index contributed by atoms with van der Waals surface area (Å²) in [6.45, 7) is 5.44. The van der Waals surface area contributed by atoms with Crippen molar-refractivity contribution in [1.82, 2.24) is 20.0 Å². The van der Waals surface area contributed by atoms with Crippen LogP contribution in [0.4, 0.5) is 0 Å². The first-order chi connectivity index (χ1) is 12.2. The Labute approximate surface area is 146 Å². The predicted octanol–water partition coefficient (Wildman–Crippen LogP) is 0.989. The van der Waals surface area contributed by atoms with Crippen molar-refractivity contribution in [3.8, 4) is 11.7 Å². The lowest BCUT2D eigenvalue weighted by atomic mass is 10.0. The highest BCUT2D eigenvalue weighted by Crippen LogP contribution is 2.21. The number of β-amino-alcohol motifs (C(OH)–C–C–N with tert-alkyl or cyclic N) is 1. The van der Waals surface area contributed by atoms with Crippen molar-refractivity contribution in [3.63, 3.8) is 0 Å². The van der Waals surface area contributed by atoms with Gasteiger partial charge in [-0.1, -0.05) is 0 Å². The molecule has 2 fully saturated rings. The molecular weight excluding hydrogens is 324 g/mol. The first kappa shape index (κ1) is 16.7. The van der Waals surface area contributed by atoms with Gasteiger partial charge in [-0.25, -0.2) is 0 Å². The van der Waals surface area contributed by atoms with Gasteiger partial charge in [-0.15, -0.1) is 10.2 Å². The highest BCUT2D eigenvalue weighted by Gasteiger charge is 2.35. The largest absolute Gasteiger partial charge is 0.459 e. The van der Waals surface area contributed by atoms with E-state index in [0.717, 1.165) is 19.6 Å². The Kier molecular flexibility index (Phi) is 4.85. The number of ether oxygens (including phenoxy) is 1. The van der Waals surface area contributed by atoms with Crippen molar-refractivity contribution in [2.24, 2.45) is 0 Å². The molecule has 1 N–H and O–H groups in total. The molecule has 0 aliphatic carbocycles. The highest BCUT2D eigenvalue weighted by atomic mass is 16.5. The minimum Gasteiger partial charge on any atom is -0.459 e. The van der Waals surface area contributed by atoms with Crippen LogP contribution in [-0.4, -0.2) is 76.6 Å². The topological polar surface area (TPSA) is 88.0 Å². The molecule has 0 saturated carbocycles. The number of aliphatic hydroxyl groups is 1. The number of rotatable bonds is 5. The molecule has 0 radical (unpaired) electrons. The van der Waals surface area contributed by atoms with Crippen LogP contribution in [0.25, 0.3) is 11.7 Å². The van der Waals surface area contributed by atoms with Crippen LogP contribution in [0, 0.1) is 0 Å². The molecule has 0 bridgehead atoms. The van der Waals surface area contributed by atoms with Crippen molar-refractivity contribution >= 4 is 0 Å². The second-order valence-corrected chi connectivity index (χ2v) is 6.95. The summed E-state index contributed by atoms with van der Waals surface area (Å²) in [5, 5.41) is 19.2. The molecule has 4 rings (SSSR count). The average Bonchev–Trinajstić information content (AvgIpc) is 3.31. The van der Waals surface area contributed by atoms with Crippen LogP contribution in [0.2, 0.25) is 0 Å². The molecule has 136 valence electrons. The van der Waals surface area contributed by atoms with Gasteiger partial charge in [0.25, 0.3) is 5.89 Å². The highest BCUT2D eigenvalue weighted by molar-refractivity contribution is 5.42. The smallest absolute Gasteiger partial charge is 0.283 e. The van der Waals surface area contributed by atoms with Crippen molar-refractivity contribution < 1.29 is 18.7 Å². The maximum absolute atomic E-state index is 11.0. The van der Waals surface area contributed by atoms with Crippen LogP contribution in [0.3, 0.4) is 0 Å². The minimum absolute atomic E-state index is 0.363. The maximum atomic E-state index is 11.0. The van der Waals surface area contributed by atoms with Crippen molar-refractivity contribution in [1.29, 1.82) is 0 Å². The molecule has 4 heterocycles. The van der Waals surface area contributed by atoms with E-state index in [1.807, 2.05) is 0 Å². The normalized spacial score (nSPS) is 26.1. The van der Waals surface area contributed by atoms with E-state index in [1.165, 1.54) is 12.8 Å². The van der Waals surface area contributed by atoms with E-state index in [2.05, 4.69) is 20.0 Å². The third-order valence-electron chi connectivity index (χ3n) is 4.71. The molecule has 2 aromatic heterocycles. The SMILES string of the molecule is O[C@@]1(CN2CCCC2)COCCN(Cc2nnc(-c3ccco3)o2)C1. The molecule has 0 amide bonds. The quantitative estimate of drug-likeness (QED) is 0.856. The lowest BCUT2D eigenvalue weighted by Gasteiger charge is -2.33. The molecule has 25 heavy (non-hydrogen) atoms. The zero-order valence-corrected chi connectivity index (χ0v) is 14.3. The number of aromatic nitrogens is 2. The summed E-state index contributed by atoms with van der Waals surface area (Å²) in [5.41, 5.74) is -0.870. The van der Waals surface area contributed by atoms with Gasteiger partial charge < -0.3 is 23.6 Å². The number of likely N-dealkylation sites (tertiary alicyclic amines) is 1. The first-order valence-corrected chi connectivity index (χ1v) is 8.81. The van der Waals surface area contributed by atoms with Crippen molar-refractivity contribution in [3.05, 3.63) is 24.3 Å². The summed E-state index contributed by atoms with van der Waals surface area (Å²) < 4.78 is 16.6. The summed E-state index contributed by atoms with van der Waals surface area (Å²) in [4.78, 5) is 4.43. The van der Waals surface area contributed by atoms with E-state index >= 15 is 0 Å². The van der Waals surface area contributed by atoms with Gasteiger partial charge in [0.05, 0.1) is 26.0 Å². The molecule has 0 aromatic carbocycles. The van der Waals surface area contributed by atoms with E-state index in [1.54, 1.807) is 18.4 Å². The molecule has 2 aliphatic heterocycles. The lowest BCUT2D eigenvalue weighted by molar-refractivity contribution is -0.0552. The van der Waals surface area contributed by atoms with Crippen LogP contribution in [-0.2, 0) is 11.3 Å². The van der Waals surface area contributed by atoms with E-state index in [0.29, 0.717) is 50.4 Å². The summed E-state index contributed by atoms with van der Waals surface area (Å²) in [7, 11) is 0. The van der Waals surface area contributed by atoms with E-state index in [-0.39, 0.29) is 0 Å². The Hall–Kier alpha value is -1.74. The van der Waals surface area contributed by atoms with Crippen LogP contribution < -0.4 is 0 Å². The third-order valence-corrected chi connectivity index (χ3v) is 4.71. The van der Waals surface area contributed by atoms with Crippen LogP contribution >= 0.6 is 0 Å². The van der Waals surface area contributed by atoms with Crippen LogP contribution in [0.1, 0.15) is 18.7 Å². The van der Waals surface area contributed by atoms with Crippen molar-refractivity contribution in [2.75, 3.05) is 45.9 Å². The fourth-order valence-electron chi connectivity index (χ4n) is 3.59. The van der Waals surface area contributed by atoms with Gasteiger partial charge in [-0.2, -0.15) is 0 Å². The Morgan fingerprint density at radius 2 is 2.04 bits per heavy atom. The Morgan fingerprint density at radius 3 is 2.84 bits per heavy atom. The van der Waals surface area contributed by atoms with Gasteiger partial charge >= 0.3 is 0 Å².